The summed E-state index contributed by atoms with van der Waals surface area (Å²) in [5.41, 5.74) is 6.00. The van der Waals surface area contributed by atoms with Crippen LogP contribution in [-0.2, 0) is 4.79 Å². The molecule has 1 aromatic carbocycles. The van der Waals surface area contributed by atoms with Gasteiger partial charge in [-0.25, -0.2) is 0 Å². The highest BCUT2D eigenvalue weighted by Gasteiger charge is 2.38. The predicted octanol–water partition coefficient (Wildman–Crippen LogP) is 3.84. The van der Waals surface area contributed by atoms with Crippen molar-refractivity contribution in [3.63, 3.8) is 0 Å². The minimum Gasteiger partial charge on any atom is -0.323 e. The summed E-state index contributed by atoms with van der Waals surface area (Å²) in [7, 11) is 0. The van der Waals surface area contributed by atoms with Crippen molar-refractivity contribution in [2.45, 2.75) is 38.1 Å². The van der Waals surface area contributed by atoms with Crippen LogP contribution in [0, 0.1) is 5.92 Å². The smallest absolute Gasteiger partial charge is 0.244 e. The van der Waals surface area contributed by atoms with Gasteiger partial charge in [0.25, 0.3) is 0 Å². The molecule has 1 aromatic rings. The molecule has 0 heterocycles. The maximum atomic E-state index is 12.3. The number of benzene rings is 1. The Morgan fingerprint density at radius 3 is 2.84 bits per heavy atom. The first-order valence-electron chi connectivity index (χ1n) is 6.46. The molecule has 5 heteroatoms. The van der Waals surface area contributed by atoms with Gasteiger partial charge in [0.15, 0.2) is 0 Å². The maximum Gasteiger partial charge on any atom is 0.244 e. The Balaban J connectivity index is 2.12. The first-order chi connectivity index (χ1) is 8.90. The molecule has 2 atom stereocenters. The molecular formula is C14H18Cl2N2O. The Morgan fingerprint density at radius 1 is 1.47 bits per heavy atom. The van der Waals surface area contributed by atoms with E-state index in [1.165, 1.54) is 0 Å². The van der Waals surface area contributed by atoms with Gasteiger partial charge in [0.2, 0.25) is 5.91 Å². The lowest BCUT2D eigenvalue weighted by Crippen LogP contribution is -2.53. The summed E-state index contributed by atoms with van der Waals surface area (Å²) in [6, 6.07) is 4.99. The van der Waals surface area contributed by atoms with E-state index in [2.05, 4.69) is 12.2 Å². The fourth-order valence-electron chi connectivity index (χ4n) is 2.64. The molecule has 1 aliphatic carbocycles. The lowest BCUT2D eigenvalue weighted by Gasteiger charge is -2.35. The summed E-state index contributed by atoms with van der Waals surface area (Å²) < 4.78 is 0. The number of hydrogen-bond acceptors (Lipinski definition) is 2. The molecule has 2 unspecified atom stereocenters. The standard InChI is InChI=1S/C14H18Cl2N2O/c1-9-3-2-6-14(17,8-9)13(19)18-12-5-4-10(15)7-11(12)16/h4-5,7,9H,2-3,6,8,17H2,1H3,(H,18,19). The minimum absolute atomic E-state index is 0.164. The van der Waals surface area contributed by atoms with Gasteiger partial charge < -0.3 is 11.1 Å². The van der Waals surface area contributed by atoms with Crippen LogP contribution in [-0.4, -0.2) is 11.4 Å². The number of amides is 1. The third kappa shape index (κ3) is 3.41. The Hall–Kier alpha value is -0.770. The van der Waals surface area contributed by atoms with E-state index < -0.39 is 5.54 Å². The van der Waals surface area contributed by atoms with Crippen molar-refractivity contribution in [1.82, 2.24) is 0 Å². The lowest BCUT2D eigenvalue weighted by atomic mass is 9.76. The van der Waals surface area contributed by atoms with Crippen LogP contribution in [0.25, 0.3) is 0 Å². The van der Waals surface area contributed by atoms with Crippen LogP contribution >= 0.6 is 23.2 Å². The van der Waals surface area contributed by atoms with Gasteiger partial charge in [-0.3, -0.25) is 4.79 Å². The second kappa shape index (κ2) is 5.70. The topological polar surface area (TPSA) is 55.1 Å². The van der Waals surface area contributed by atoms with Crippen LogP contribution in [0.2, 0.25) is 10.0 Å². The third-order valence-electron chi connectivity index (χ3n) is 3.66. The van der Waals surface area contributed by atoms with Crippen LogP contribution in [0.1, 0.15) is 32.6 Å². The van der Waals surface area contributed by atoms with Gasteiger partial charge >= 0.3 is 0 Å². The highest BCUT2D eigenvalue weighted by molar-refractivity contribution is 6.36. The highest BCUT2D eigenvalue weighted by Crippen LogP contribution is 2.32. The van der Waals surface area contributed by atoms with Crippen molar-refractivity contribution >= 4 is 34.8 Å². The van der Waals surface area contributed by atoms with E-state index in [0.717, 1.165) is 12.8 Å². The van der Waals surface area contributed by atoms with Gasteiger partial charge in [-0.15, -0.1) is 0 Å². The van der Waals surface area contributed by atoms with Crippen molar-refractivity contribution in [1.29, 1.82) is 0 Å². The maximum absolute atomic E-state index is 12.3. The van der Waals surface area contributed by atoms with E-state index in [1.807, 2.05) is 0 Å². The van der Waals surface area contributed by atoms with E-state index in [9.17, 15) is 4.79 Å². The molecule has 0 radical (unpaired) electrons. The molecule has 0 bridgehead atoms. The number of halogens is 2. The average molecular weight is 301 g/mol. The van der Waals surface area contributed by atoms with Gasteiger partial charge in [0, 0.05) is 5.02 Å². The van der Waals surface area contributed by atoms with Gasteiger partial charge in [0.05, 0.1) is 16.2 Å². The number of nitrogens with two attached hydrogens (primary N) is 1. The van der Waals surface area contributed by atoms with Crippen LogP contribution in [0.4, 0.5) is 5.69 Å². The van der Waals surface area contributed by atoms with E-state index in [1.54, 1.807) is 18.2 Å². The van der Waals surface area contributed by atoms with Crippen molar-refractivity contribution in [2.24, 2.45) is 11.7 Å². The number of rotatable bonds is 2. The Labute approximate surface area is 123 Å². The molecular weight excluding hydrogens is 283 g/mol. The van der Waals surface area contributed by atoms with Gasteiger partial charge in [-0.05, 0) is 37.0 Å². The Kier molecular flexibility index (Phi) is 4.39. The fourth-order valence-corrected chi connectivity index (χ4v) is 3.09. The molecule has 0 spiro atoms. The average Bonchev–Trinajstić information content (AvgIpc) is 2.32. The molecule has 2 rings (SSSR count). The molecule has 3 N–H and O–H groups in total. The van der Waals surface area contributed by atoms with Crippen LogP contribution in [0.15, 0.2) is 18.2 Å². The van der Waals surface area contributed by atoms with Crippen LogP contribution < -0.4 is 11.1 Å². The Bertz CT molecular complexity index is 492. The summed E-state index contributed by atoms with van der Waals surface area (Å²) in [5, 5.41) is 3.78. The Morgan fingerprint density at radius 2 is 2.21 bits per heavy atom. The molecule has 1 aliphatic rings. The molecule has 19 heavy (non-hydrogen) atoms. The molecule has 104 valence electrons. The van der Waals surface area contributed by atoms with Crippen molar-refractivity contribution in [2.75, 3.05) is 5.32 Å². The molecule has 0 saturated heterocycles. The van der Waals surface area contributed by atoms with Gasteiger partial charge in [0.1, 0.15) is 0 Å². The predicted molar refractivity (Wildman–Crippen MR) is 79.6 cm³/mol. The van der Waals surface area contributed by atoms with E-state index in [-0.39, 0.29) is 5.91 Å². The number of carbonyl (C=O) groups excluding carboxylic acids is 1. The highest BCUT2D eigenvalue weighted by atomic mass is 35.5. The summed E-state index contributed by atoms with van der Waals surface area (Å²) in [4.78, 5) is 12.3. The zero-order valence-corrected chi connectivity index (χ0v) is 12.4. The first-order valence-corrected chi connectivity index (χ1v) is 7.22. The van der Waals surface area contributed by atoms with Crippen molar-refractivity contribution < 1.29 is 4.79 Å². The van der Waals surface area contributed by atoms with E-state index in [0.29, 0.717) is 34.5 Å². The molecule has 0 aliphatic heterocycles. The second-order valence-corrected chi connectivity index (χ2v) is 6.28. The zero-order valence-electron chi connectivity index (χ0n) is 10.9. The quantitative estimate of drug-likeness (QED) is 0.872. The summed E-state index contributed by atoms with van der Waals surface area (Å²) in [6.07, 6.45) is 3.55. The second-order valence-electron chi connectivity index (χ2n) is 5.44. The van der Waals surface area contributed by atoms with E-state index >= 15 is 0 Å². The first kappa shape index (κ1) is 14.6. The number of nitrogens with one attached hydrogen (secondary N) is 1. The zero-order chi connectivity index (χ0) is 14.0. The minimum atomic E-state index is -0.791. The van der Waals surface area contributed by atoms with Crippen LogP contribution in [0.5, 0.6) is 0 Å². The fraction of sp³-hybridized carbons (Fsp3) is 0.500. The lowest BCUT2D eigenvalue weighted by molar-refractivity contribution is -0.122. The SMILES string of the molecule is CC1CCCC(N)(C(=O)Nc2ccc(Cl)cc2Cl)C1. The number of carbonyl (C=O) groups is 1. The molecule has 1 saturated carbocycles. The third-order valence-corrected chi connectivity index (χ3v) is 4.21. The largest absolute Gasteiger partial charge is 0.323 e. The number of hydrogen-bond donors (Lipinski definition) is 2. The van der Waals surface area contributed by atoms with Crippen molar-refractivity contribution in [3.05, 3.63) is 28.2 Å². The summed E-state index contributed by atoms with van der Waals surface area (Å²) >= 11 is 11.9. The molecule has 0 aromatic heterocycles. The number of anilines is 1. The monoisotopic (exact) mass is 300 g/mol. The van der Waals surface area contributed by atoms with Gasteiger partial charge in [-0.2, -0.15) is 0 Å². The van der Waals surface area contributed by atoms with Gasteiger partial charge in [-0.1, -0.05) is 43.0 Å². The molecule has 3 nitrogen and oxygen atoms in total. The van der Waals surface area contributed by atoms with Crippen LogP contribution in [0.3, 0.4) is 0 Å². The normalized spacial score (nSPS) is 27.1. The van der Waals surface area contributed by atoms with Crippen molar-refractivity contribution in [3.8, 4) is 0 Å². The summed E-state index contributed by atoms with van der Waals surface area (Å²) in [6.45, 7) is 2.13. The molecule has 1 amide bonds. The summed E-state index contributed by atoms with van der Waals surface area (Å²) in [5.74, 6) is 0.313. The van der Waals surface area contributed by atoms with E-state index in [4.69, 9.17) is 28.9 Å². The molecule has 1 fully saturated rings.